The van der Waals surface area contributed by atoms with Crippen molar-refractivity contribution in [1.82, 2.24) is 20.1 Å². The van der Waals surface area contributed by atoms with Crippen LogP contribution in [0.15, 0.2) is 59.8 Å². The minimum absolute atomic E-state index is 0.0976. The Hall–Kier alpha value is -3.13. The molecule has 5 rings (SSSR count). The summed E-state index contributed by atoms with van der Waals surface area (Å²) in [7, 11) is 0. The first-order valence-electron chi connectivity index (χ1n) is 11.0. The van der Waals surface area contributed by atoms with E-state index >= 15 is 0 Å². The van der Waals surface area contributed by atoms with E-state index in [0.29, 0.717) is 29.8 Å². The summed E-state index contributed by atoms with van der Waals surface area (Å²) in [5.74, 6) is 1.46. The van der Waals surface area contributed by atoms with Crippen LogP contribution in [0.2, 0.25) is 0 Å². The van der Waals surface area contributed by atoms with Crippen LogP contribution in [0.4, 0.5) is 5.69 Å². The molecule has 2 aromatic carbocycles. The zero-order valence-corrected chi connectivity index (χ0v) is 18.5. The molecule has 2 aliphatic rings. The largest absolute Gasteiger partial charge is 0.349 e. The lowest BCUT2D eigenvalue weighted by Crippen LogP contribution is -2.25. The third kappa shape index (κ3) is 5.19. The second kappa shape index (κ2) is 9.16. The molecule has 2 N–H and O–H groups in total. The van der Waals surface area contributed by atoms with Gasteiger partial charge in [-0.15, -0.1) is 10.2 Å². The molecule has 8 heteroatoms. The molecule has 7 nitrogen and oxygen atoms in total. The number of anilines is 1. The van der Waals surface area contributed by atoms with Crippen molar-refractivity contribution in [3.63, 3.8) is 0 Å². The number of amides is 2. The number of nitrogens with one attached hydrogen (secondary N) is 2. The second-order valence-corrected chi connectivity index (χ2v) is 9.29. The number of rotatable bonds is 9. The van der Waals surface area contributed by atoms with Crippen LogP contribution in [0.25, 0.3) is 0 Å². The van der Waals surface area contributed by atoms with Crippen molar-refractivity contribution in [3.8, 4) is 0 Å². The highest BCUT2D eigenvalue weighted by molar-refractivity contribution is 7.99. The first-order chi connectivity index (χ1) is 15.7. The Balaban J connectivity index is 1.22. The highest BCUT2D eigenvalue weighted by Gasteiger charge is 2.30. The molecule has 1 aromatic heterocycles. The average molecular weight is 448 g/mol. The molecule has 32 heavy (non-hydrogen) atoms. The maximum absolute atomic E-state index is 12.6. The summed E-state index contributed by atoms with van der Waals surface area (Å²) in [6, 6.07) is 17.6. The van der Waals surface area contributed by atoms with Gasteiger partial charge in [0, 0.05) is 23.2 Å². The van der Waals surface area contributed by atoms with Gasteiger partial charge in [0.25, 0.3) is 5.91 Å². The first kappa shape index (κ1) is 20.8. The van der Waals surface area contributed by atoms with Gasteiger partial charge in [-0.1, -0.05) is 48.2 Å². The third-order valence-corrected chi connectivity index (χ3v) is 6.49. The Labute approximate surface area is 191 Å². The fourth-order valence-corrected chi connectivity index (χ4v) is 4.27. The lowest BCUT2D eigenvalue weighted by molar-refractivity contribution is -0.113. The zero-order valence-electron chi connectivity index (χ0n) is 17.7. The molecule has 0 unspecified atom stereocenters. The summed E-state index contributed by atoms with van der Waals surface area (Å²) in [6.45, 7) is 0.696. The van der Waals surface area contributed by atoms with Crippen LogP contribution in [0.3, 0.4) is 0 Å². The molecule has 164 valence electrons. The number of hydrogen-bond donors (Lipinski definition) is 2. The van der Waals surface area contributed by atoms with E-state index in [4.69, 9.17) is 0 Å². The van der Waals surface area contributed by atoms with Crippen LogP contribution < -0.4 is 10.6 Å². The van der Waals surface area contributed by atoms with Gasteiger partial charge in [0.15, 0.2) is 5.16 Å². The molecule has 0 saturated heterocycles. The number of aromatic nitrogens is 3. The highest BCUT2D eigenvalue weighted by atomic mass is 32.2. The molecule has 2 saturated carbocycles. The lowest BCUT2D eigenvalue weighted by Gasteiger charge is -2.10. The topological polar surface area (TPSA) is 88.9 Å². The Kier molecular flexibility index (Phi) is 5.94. The number of carbonyl (C=O) groups is 2. The van der Waals surface area contributed by atoms with E-state index in [0.717, 1.165) is 36.7 Å². The maximum Gasteiger partial charge on any atom is 0.251 e. The molecule has 0 bridgehead atoms. The van der Waals surface area contributed by atoms with Crippen LogP contribution in [-0.2, 0) is 11.3 Å². The normalized spacial score (nSPS) is 15.4. The maximum atomic E-state index is 12.6. The average Bonchev–Trinajstić information content (AvgIpc) is 3.74. The number of carbonyl (C=O) groups excluding carboxylic acids is 2. The van der Waals surface area contributed by atoms with Crippen molar-refractivity contribution in [2.75, 3.05) is 11.1 Å². The smallest absolute Gasteiger partial charge is 0.251 e. The quantitative estimate of drug-likeness (QED) is 0.487. The van der Waals surface area contributed by atoms with Gasteiger partial charge >= 0.3 is 0 Å². The molecule has 1 heterocycles. The van der Waals surface area contributed by atoms with Crippen LogP contribution in [0, 0.1) is 0 Å². The number of thioether (sulfide) groups is 1. The van der Waals surface area contributed by atoms with Crippen LogP contribution in [0.5, 0.6) is 0 Å². The summed E-state index contributed by atoms with van der Waals surface area (Å²) >= 11 is 1.38. The first-order valence-corrected chi connectivity index (χ1v) is 11.9. The molecule has 0 aliphatic heterocycles. The van der Waals surface area contributed by atoms with Gasteiger partial charge in [0.05, 0.1) is 12.3 Å². The van der Waals surface area contributed by atoms with Crippen LogP contribution in [0.1, 0.15) is 53.3 Å². The lowest BCUT2D eigenvalue weighted by atomic mass is 10.2. The molecule has 0 radical (unpaired) electrons. The van der Waals surface area contributed by atoms with E-state index in [9.17, 15) is 9.59 Å². The number of nitrogens with zero attached hydrogens (tertiary/aromatic N) is 3. The number of hydrogen-bond acceptors (Lipinski definition) is 5. The molecule has 2 amide bonds. The van der Waals surface area contributed by atoms with Crippen molar-refractivity contribution in [1.29, 1.82) is 0 Å². The van der Waals surface area contributed by atoms with Crippen molar-refractivity contribution < 1.29 is 9.59 Å². The van der Waals surface area contributed by atoms with Gasteiger partial charge in [-0.25, -0.2) is 0 Å². The van der Waals surface area contributed by atoms with E-state index < -0.39 is 0 Å². The fraction of sp³-hybridized carbons (Fsp3) is 0.333. The molecular formula is C24H25N5O2S. The van der Waals surface area contributed by atoms with Gasteiger partial charge in [-0.2, -0.15) is 0 Å². The SMILES string of the molecule is O=C(CSc1nnc(C2CC2)n1Cc1ccccc1)Nc1cccc(C(=O)NC2CC2)c1. The Morgan fingerprint density at radius 3 is 2.56 bits per heavy atom. The van der Waals surface area contributed by atoms with E-state index in [1.165, 1.54) is 17.3 Å². The summed E-state index contributed by atoms with van der Waals surface area (Å²) in [6.07, 6.45) is 4.36. The van der Waals surface area contributed by atoms with Gasteiger partial charge in [0.2, 0.25) is 5.91 Å². The van der Waals surface area contributed by atoms with Crippen molar-refractivity contribution in [2.24, 2.45) is 0 Å². The van der Waals surface area contributed by atoms with Gasteiger partial charge in [-0.3, -0.25) is 9.59 Å². The highest BCUT2D eigenvalue weighted by Crippen LogP contribution is 2.40. The zero-order chi connectivity index (χ0) is 21.9. The molecular weight excluding hydrogens is 422 g/mol. The Morgan fingerprint density at radius 1 is 1.00 bits per heavy atom. The number of benzene rings is 2. The molecule has 3 aromatic rings. The van der Waals surface area contributed by atoms with Gasteiger partial charge in [-0.05, 0) is 49.4 Å². The minimum Gasteiger partial charge on any atom is -0.349 e. The van der Waals surface area contributed by atoms with Crippen LogP contribution >= 0.6 is 11.8 Å². The third-order valence-electron chi connectivity index (χ3n) is 5.52. The summed E-state index contributed by atoms with van der Waals surface area (Å²) in [5, 5.41) is 15.4. The van der Waals surface area contributed by atoms with Crippen molar-refractivity contribution in [2.45, 2.75) is 49.3 Å². The molecule has 2 aliphatic carbocycles. The van der Waals surface area contributed by atoms with Crippen molar-refractivity contribution in [3.05, 3.63) is 71.5 Å². The minimum atomic E-state index is -0.142. The molecule has 0 spiro atoms. The van der Waals surface area contributed by atoms with Gasteiger partial charge in [0.1, 0.15) is 5.82 Å². The van der Waals surface area contributed by atoms with E-state index in [1.54, 1.807) is 24.3 Å². The van der Waals surface area contributed by atoms with Crippen LogP contribution in [-0.4, -0.2) is 38.4 Å². The van der Waals surface area contributed by atoms with Gasteiger partial charge < -0.3 is 15.2 Å². The van der Waals surface area contributed by atoms with E-state index in [2.05, 4.69) is 37.5 Å². The second-order valence-electron chi connectivity index (χ2n) is 8.35. The Morgan fingerprint density at radius 2 is 1.81 bits per heavy atom. The van der Waals surface area contributed by atoms with E-state index in [1.807, 2.05) is 18.2 Å². The Bertz CT molecular complexity index is 1120. The van der Waals surface area contributed by atoms with Crippen molar-refractivity contribution >= 4 is 29.3 Å². The molecule has 0 atom stereocenters. The predicted octanol–water partition coefficient (Wildman–Crippen LogP) is 3.83. The summed E-state index contributed by atoms with van der Waals surface area (Å²) in [4.78, 5) is 24.8. The van der Waals surface area contributed by atoms with E-state index in [-0.39, 0.29) is 17.6 Å². The summed E-state index contributed by atoms with van der Waals surface area (Å²) < 4.78 is 2.13. The predicted molar refractivity (Wildman–Crippen MR) is 124 cm³/mol. The fourth-order valence-electron chi connectivity index (χ4n) is 3.53. The molecule has 2 fully saturated rings. The monoisotopic (exact) mass is 447 g/mol. The standard InChI is InChI=1S/C24H25N5O2S/c30-21(25-20-8-4-7-18(13-20)23(31)26-19-11-12-19)15-32-24-28-27-22(17-9-10-17)29(24)14-16-5-2-1-3-6-16/h1-8,13,17,19H,9-12,14-15H2,(H,25,30)(H,26,31). The summed E-state index contributed by atoms with van der Waals surface area (Å²) in [5.41, 5.74) is 2.35.